The fourth-order valence-electron chi connectivity index (χ4n) is 1.62. The molecule has 0 aromatic carbocycles. The highest BCUT2D eigenvalue weighted by Crippen LogP contribution is 2.31. The molecule has 4 heteroatoms. The van der Waals surface area contributed by atoms with Crippen LogP contribution in [0.15, 0.2) is 12.8 Å². The van der Waals surface area contributed by atoms with E-state index >= 15 is 0 Å². The molecule has 78 valence electrons. The minimum atomic E-state index is -1.40. The van der Waals surface area contributed by atoms with Crippen molar-refractivity contribution in [1.82, 2.24) is 0 Å². The van der Waals surface area contributed by atoms with Crippen LogP contribution in [0.3, 0.4) is 0 Å². The molecule has 0 spiro atoms. The number of ketones is 1. The Hall–Kier alpha value is -1.32. The predicted molar refractivity (Wildman–Crippen MR) is 49.5 cm³/mol. The first-order valence-electron chi connectivity index (χ1n) is 4.66. The lowest BCUT2D eigenvalue weighted by Gasteiger charge is -2.23. The van der Waals surface area contributed by atoms with Crippen LogP contribution in [-0.2, 0) is 19.1 Å². The summed E-state index contributed by atoms with van der Waals surface area (Å²) in [4.78, 5) is 23.1. The molecule has 0 aromatic heterocycles. The Morgan fingerprint density at radius 1 is 1.71 bits per heavy atom. The second-order valence-corrected chi connectivity index (χ2v) is 3.11. The third-order valence-corrected chi connectivity index (χ3v) is 2.27. The van der Waals surface area contributed by atoms with Crippen molar-refractivity contribution in [2.24, 2.45) is 0 Å². The first-order valence-corrected chi connectivity index (χ1v) is 4.66. The van der Waals surface area contributed by atoms with E-state index in [2.05, 4.69) is 6.58 Å². The zero-order valence-electron chi connectivity index (χ0n) is 8.25. The van der Waals surface area contributed by atoms with Crippen LogP contribution in [0.2, 0.25) is 0 Å². The second kappa shape index (κ2) is 4.26. The van der Waals surface area contributed by atoms with Crippen molar-refractivity contribution in [2.75, 3.05) is 6.61 Å². The van der Waals surface area contributed by atoms with Crippen molar-refractivity contribution in [1.29, 1.82) is 0 Å². The molecule has 0 radical (unpaired) electrons. The van der Waals surface area contributed by atoms with E-state index in [1.807, 2.05) is 0 Å². The Bertz CT molecular complexity index is 259. The van der Waals surface area contributed by atoms with Gasteiger partial charge >= 0.3 is 5.97 Å². The van der Waals surface area contributed by atoms with E-state index in [9.17, 15) is 9.59 Å². The molecule has 0 N–H and O–H groups in total. The van der Waals surface area contributed by atoms with E-state index in [1.54, 1.807) is 6.92 Å². The molecule has 0 aliphatic heterocycles. The first kappa shape index (κ1) is 10.8. The minimum Gasteiger partial charge on any atom is -0.476 e. The van der Waals surface area contributed by atoms with E-state index in [0.717, 1.165) is 6.26 Å². The van der Waals surface area contributed by atoms with Gasteiger partial charge in [-0.25, -0.2) is 4.79 Å². The number of Topliss-reactive ketones (excluding diaryl/α,β-unsaturated/α-hetero) is 1. The van der Waals surface area contributed by atoms with Crippen LogP contribution >= 0.6 is 0 Å². The topological polar surface area (TPSA) is 52.6 Å². The van der Waals surface area contributed by atoms with Crippen molar-refractivity contribution < 1.29 is 19.1 Å². The Kier molecular flexibility index (Phi) is 3.28. The number of carbonyl (C=O) groups is 2. The summed E-state index contributed by atoms with van der Waals surface area (Å²) in [5.41, 5.74) is -1.40. The highest BCUT2D eigenvalue weighted by atomic mass is 16.6. The Morgan fingerprint density at radius 2 is 2.43 bits per heavy atom. The molecule has 0 bridgehead atoms. The summed E-state index contributed by atoms with van der Waals surface area (Å²) in [6, 6.07) is 0. The molecule has 0 saturated heterocycles. The molecule has 1 unspecified atom stereocenters. The molecule has 1 aliphatic rings. The molecule has 1 aliphatic carbocycles. The van der Waals surface area contributed by atoms with Gasteiger partial charge in [0.2, 0.25) is 0 Å². The highest BCUT2D eigenvalue weighted by molar-refractivity contribution is 6.08. The quantitative estimate of drug-likeness (QED) is 0.387. The van der Waals surface area contributed by atoms with E-state index in [1.165, 1.54) is 0 Å². The molecule has 0 aromatic rings. The van der Waals surface area contributed by atoms with Gasteiger partial charge in [0.05, 0.1) is 12.9 Å². The van der Waals surface area contributed by atoms with Gasteiger partial charge in [0.1, 0.15) is 0 Å². The van der Waals surface area contributed by atoms with Gasteiger partial charge in [0.25, 0.3) is 5.60 Å². The summed E-state index contributed by atoms with van der Waals surface area (Å²) < 4.78 is 9.88. The minimum absolute atomic E-state index is 0.212. The molecule has 1 atom stereocenters. The number of ether oxygens (including phenoxy) is 2. The summed E-state index contributed by atoms with van der Waals surface area (Å²) in [7, 11) is 0. The molecule has 14 heavy (non-hydrogen) atoms. The number of rotatable bonds is 4. The molecular weight excluding hydrogens is 184 g/mol. The van der Waals surface area contributed by atoms with Crippen LogP contribution in [0.5, 0.6) is 0 Å². The molecule has 4 nitrogen and oxygen atoms in total. The van der Waals surface area contributed by atoms with Crippen molar-refractivity contribution in [3.8, 4) is 0 Å². The maximum absolute atomic E-state index is 11.6. The second-order valence-electron chi connectivity index (χ2n) is 3.11. The van der Waals surface area contributed by atoms with Crippen LogP contribution in [0.4, 0.5) is 0 Å². The van der Waals surface area contributed by atoms with Gasteiger partial charge in [0.15, 0.2) is 5.78 Å². The number of carbonyl (C=O) groups excluding carboxylic acids is 2. The lowest BCUT2D eigenvalue weighted by molar-refractivity contribution is -0.168. The van der Waals surface area contributed by atoms with E-state index < -0.39 is 11.6 Å². The summed E-state index contributed by atoms with van der Waals surface area (Å²) >= 11 is 0. The number of hydrogen-bond donors (Lipinski definition) is 0. The van der Waals surface area contributed by atoms with Crippen molar-refractivity contribution in [2.45, 2.75) is 31.8 Å². The van der Waals surface area contributed by atoms with E-state index in [4.69, 9.17) is 9.47 Å². The van der Waals surface area contributed by atoms with E-state index in [-0.39, 0.29) is 12.4 Å². The molecule has 0 amide bonds. The van der Waals surface area contributed by atoms with Crippen molar-refractivity contribution in [3.05, 3.63) is 12.8 Å². The highest BCUT2D eigenvalue weighted by Gasteiger charge is 2.51. The van der Waals surface area contributed by atoms with Crippen LogP contribution in [0.25, 0.3) is 0 Å². The van der Waals surface area contributed by atoms with Gasteiger partial charge in [-0.1, -0.05) is 6.58 Å². The van der Waals surface area contributed by atoms with Crippen LogP contribution in [-0.4, -0.2) is 24.0 Å². The fourth-order valence-corrected chi connectivity index (χ4v) is 1.62. The SMILES string of the molecule is C=COC1(C(=O)OCC)CCCC1=O. The van der Waals surface area contributed by atoms with Crippen LogP contribution in [0, 0.1) is 0 Å². The first-order chi connectivity index (χ1) is 6.67. The zero-order chi connectivity index (χ0) is 10.6. The normalized spacial score (nSPS) is 25.9. The number of esters is 1. The summed E-state index contributed by atoms with van der Waals surface area (Å²) in [5, 5.41) is 0. The summed E-state index contributed by atoms with van der Waals surface area (Å²) in [6.45, 7) is 5.30. The predicted octanol–water partition coefficient (Wildman–Crippen LogP) is 1.20. The molecule has 1 saturated carbocycles. The van der Waals surface area contributed by atoms with Gasteiger partial charge in [-0.2, -0.15) is 0 Å². The fraction of sp³-hybridized carbons (Fsp3) is 0.600. The molecule has 1 fully saturated rings. The van der Waals surface area contributed by atoms with Gasteiger partial charge in [-0.3, -0.25) is 4.79 Å². The van der Waals surface area contributed by atoms with Gasteiger partial charge in [-0.05, 0) is 13.3 Å². The lowest BCUT2D eigenvalue weighted by atomic mass is 10.0. The van der Waals surface area contributed by atoms with Crippen LogP contribution in [0.1, 0.15) is 26.2 Å². The Morgan fingerprint density at radius 3 is 2.86 bits per heavy atom. The molecule has 1 rings (SSSR count). The monoisotopic (exact) mass is 198 g/mol. The standard InChI is InChI=1S/C10H14O4/c1-3-13-9(12)10(14-4-2)7-5-6-8(10)11/h4H,2-3,5-7H2,1H3. The number of hydrogen-bond acceptors (Lipinski definition) is 4. The van der Waals surface area contributed by atoms with Crippen molar-refractivity contribution >= 4 is 11.8 Å². The Labute approximate surface area is 82.9 Å². The average molecular weight is 198 g/mol. The smallest absolute Gasteiger partial charge is 0.358 e. The summed E-state index contributed by atoms with van der Waals surface area (Å²) in [6.07, 6.45) is 2.54. The van der Waals surface area contributed by atoms with Crippen LogP contribution < -0.4 is 0 Å². The molecule has 0 heterocycles. The third-order valence-electron chi connectivity index (χ3n) is 2.27. The third kappa shape index (κ3) is 1.64. The van der Waals surface area contributed by atoms with Gasteiger partial charge in [0, 0.05) is 12.8 Å². The Balaban J connectivity index is 2.85. The zero-order valence-corrected chi connectivity index (χ0v) is 8.25. The lowest BCUT2D eigenvalue weighted by Crippen LogP contribution is -2.45. The average Bonchev–Trinajstić information content (AvgIpc) is 2.50. The molecular formula is C10H14O4. The summed E-state index contributed by atoms with van der Waals surface area (Å²) in [5.74, 6) is -0.807. The maximum Gasteiger partial charge on any atom is 0.358 e. The van der Waals surface area contributed by atoms with Crippen molar-refractivity contribution in [3.63, 3.8) is 0 Å². The van der Waals surface area contributed by atoms with Gasteiger partial charge in [-0.15, -0.1) is 0 Å². The maximum atomic E-state index is 11.6. The van der Waals surface area contributed by atoms with E-state index in [0.29, 0.717) is 19.3 Å². The largest absolute Gasteiger partial charge is 0.476 e. The van der Waals surface area contributed by atoms with Gasteiger partial charge < -0.3 is 9.47 Å².